The molecule has 3 N–H and O–H groups in total. The number of benzene rings is 1. The van der Waals surface area contributed by atoms with Crippen LogP contribution in [0.15, 0.2) is 18.2 Å². The molecular formula is C12H15ClN2O4S. The maximum atomic E-state index is 11.5. The zero-order chi connectivity index (χ0) is 15.1. The number of halogens is 1. The van der Waals surface area contributed by atoms with E-state index in [1.165, 1.54) is 18.2 Å². The van der Waals surface area contributed by atoms with E-state index < -0.39 is 22.8 Å². The second kappa shape index (κ2) is 7.86. The van der Waals surface area contributed by atoms with Crippen molar-refractivity contribution >= 4 is 40.1 Å². The lowest BCUT2D eigenvalue weighted by molar-refractivity contribution is 0.0697. The quantitative estimate of drug-likeness (QED) is 0.746. The highest BCUT2D eigenvalue weighted by atomic mass is 35.5. The topological polar surface area (TPSA) is 95.5 Å². The third kappa shape index (κ3) is 5.18. The number of carbonyl (C=O) groups is 2. The van der Waals surface area contributed by atoms with Gasteiger partial charge in [0.05, 0.1) is 10.6 Å². The van der Waals surface area contributed by atoms with Crippen LogP contribution in [-0.2, 0) is 10.8 Å². The van der Waals surface area contributed by atoms with Crippen LogP contribution in [0.4, 0.5) is 10.5 Å². The lowest BCUT2D eigenvalue weighted by atomic mass is 10.2. The number of nitrogens with one attached hydrogen (secondary N) is 2. The number of hydrogen-bond donors (Lipinski definition) is 3. The molecule has 0 aliphatic carbocycles. The normalized spacial score (nSPS) is 11.7. The van der Waals surface area contributed by atoms with Crippen LogP contribution in [0.25, 0.3) is 0 Å². The summed E-state index contributed by atoms with van der Waals surface area (Å²) in [6, 6.07) is 3.68. The van der Waals surface area contributed by atoms with E-state index in [0.717, 1.165) is 0 Å². The van der Waals surface area contributed by atoms with Crippen molar-refractivity contribution in [2.24, 2.45) is 0 Å². The molecule has 20 heavy (non-hydrogen) atoms. The monoisotopic (exact) mass is 318 g/mol. The predicted molar refractivity (Wildman–Crippen MR) is 79.0 cm³/mol. The molecule has 6 nitrogen and oxygen atoms in total. The van der Waals surface area contributed by atoms with Gasteiger partial charge in [-0.2, -0.15) is 0 Å². The summed E-state index contributed by atoms with van der Waals surface area (Å²) in [5, 5.41) is 14.0. The Balaban J connectivity index is 2.56. The maximum absolute atomic E-state index is 11.5. The van der Waals surface area contributed by atoms with Crippen LogP contribution in [0.5, 0.6) is 0 Å². The molecular weight excluding hydrogens is 304 g/mol. The van der Waals surface area contributed by atoms with E-state index >= 15 is 0 Å². The molecule has 1 aromatic carbocycles. The summed E-state index contributed by atoms with van der Waals surface area (Å²) < 4.78 is 11.2. The first-order chi connectivity index (χ1) is 9.43. The van der Waals surface area contributed by atoms with Gasteiger partial charge in [-0.3, -0.25) is 4.21 Å². The van der Waals surface area contributed by atoms with Crippen LogP contribution in [-0.4, -0.2) is 39.4 Å². The number of aromatic carboxylic acids is 1. The Bertz CT molecular complexity index is 536. The molecule has 1 unspecified atom stereocenters. The van der Waals surface area contributed by atoms with Crippen LogP contribution in [0, 0.1) is 0 Å². The zero-order valence-corrected chi connectivity index (χ0v) is 12.4. The Morgan fingerprint density at radius 3 is 2.70 bits per heavy atom. The van der Waals surface area contributed by atoms with Crippen molar-refractivity contribution in [2.45, 2.75) is 6.92 Å². The molecule has 1 aromatic rings. The molecule has 2 amide bonds. The molecule has 0 spiro atoms. The third-order valence-electron chi connectivity index (χ3n) is 2.39. The maximum Gasteiger partial charge on any atom is 0.337 e. The van der Waals surface area contributed by atoms with Crippen molar-refractivity contribution in [3.05, 3.63) is 28.8 Å². The molecule has 1 atom stereocenters. The van der Waals surface area contributed by atoms with E-state index in [9.17, 15) is 13.8 Å². The highest BCUT2D eigenvalue weighted by Crippen LogP contribution is 2.20. The summed E-state index contributed by atoms with van der Waals surface area (Å²) in [6.07, 6.45) is 0. The summed E-state index contributed by atoms with van der Waals surface area (Å²) in [4.78, 5) is 22.4. The van der Waals surface area contributed by atoms with E-state index in [2.05, 4.69) is 10.6 Å². The lowest BCUT2D eigenvalue weighted by Crippen LogP contribution is -2.32. The highest BCUT2D eigenvalue weighted by Gasteiger charge is 2.10. The average Bonchev–Trinajstić information content (AvgIpc) is 2.40. The van der Waals surface area contributed by atoms with Gasteiger partial charge in [-0.25, -0.2) is 9.59 Å². The minimum Gasteiger partial charge on any atom is -0.478 e. The Labute approximate surface area is 124 Å². The van der Waals surface area contributed by atoms with Crippen LogP contribution in [0.3, 0.4) is 0 Å². The van der Waals surface area contributed by atoms with Gasteiger partial charge in [-0.1, -0.05) is 18.5 Å². The molecule has 0 radical (unpaired) electrons. The van der Waals surface area contributed by atoms with Gasteiger partial charge in [-0.15, -0.1) is 0 Å². The first-order valence-electron chi connectivity index (χ1n) is 5.86. The number of anilines is 1. The molecule has 0 saturated heterocycles. The van der Waals surface area contributed by atoms with Gasteiger partial charge < -0.3 is 15.7 Å². The molecule has 1 rings (SSSR count). The van der Waals surface area contributed by atoms with E-state index in [1.54, 1.807) is 6.92 Å². The summed E-state index contributed by atoms with van der Waals surface area (Å²) in [6.45, 7) is 2.09. The summed E-state index contributed by atoms with van der Waals surface area (Å²) >= 11 is 5.72. The number of urea groups is 1. The number of amides is 2. The van der Waals surface area contributed by atoms with Gasteiger partial charge >= 0.3 is 12.0 Å². The van der Waals surface area contributed by atoms with E-state index in [-0.39, 0.29) is 17.1 Å². The Morgan fingerprint density at radius 1 is 1.40 bits per heavy atom. The fourth-order valence-electron chi connectivity index (χ4n) is 1.36. The second-order valence-corrected chi connectivity index (χ2v) is 6.09. The third-order valence-corrected chi connectivity index (χ3v) is 4.02. The Kier molecular flexibility index (Phi) is 6.47. The smallest absolute Gasteiger partial charge is 0.337 e. The van der Waals surface area contributed by atoms with Crippen LogP contribution >= 0.6 is 11.6 Å². The Morgan fingerprint density at radius 2 is 2.10 bits per heavy atom. The minimum atomic E-state index is -1.17. The zero-order valence-electron chi connectivity index (χ0n) is 10.8. The van der Waals surface area contributed by atoms with E-state index in [4.69, 9.17) is 16.7 Å². The number of hydrogen-bond acceptors (Lipinski definition) is 3. The SMILES string of the molecule is CCS(=O)CCNC(=O)Nc1ccc(Cl)c(C(=O)O)c1. The predicted octanol–water partition coefficient (Wildman–Crippen LogP) is 1.93. The number of rotatable bonds is 6. The number of carboxylic acids is 1. The first-order valence-corrected chi connectivity index (χ1v) is 7.73. The van der Waals surface area contributed by atoms with Gasteiger partial charge in [-0.05, 0) is 18.2 Å². The van der Waals surface area contributed by atoms with E-state index in [1.807, 2.05) is 0 Å². The molecule has 0 fully saturated rings. The van der Waals surface area contributed by atoms with Crippen molar-refractivity contribution in [1.82, 2.24) is 5.32 Å². The standard InChI is InChI=1S/C12H15ClN2O4S/c1-2-20(19)6-5-14-12(18)15-8-3-4-10(13)9(7-8)11(16)17/h3-4,7H,2,5-6H2,1H3,(H,16,17)(H2,14,15,18). The number of carboxylic acid groups (broad SMARTS) is 1. The van der Waals surface area contributed by atoms with Gasteiger partial charge in [0.2, 0.25) is 0 Å². The molecule has 110 valence electrons. The lowest BCUT2D eigenvalue weighted by Gasteiger charge is -2.08. The Hall–Kier alpha value is -1.60. The van der Waals surface area contributed by atoms with Crippen molar-refractivity contribution in [3.63, 3.8) is 0 Å². The first kappa shape index (κ1) is 16.5. The second-order valence-electron chi connectivity index (χ2n) is 3.81. The van der Waals surface area contributed by atoms with Crippen molar-refractivity contribution in [1.29, 1.82) is 0 Å². The molecule has 0 aliphatic rings. The van der Waals surface area contributed by atoms with Crippen molar-refractivity contribution in [2.75, 3.05) is 23.4 Å². The largest absolute Gasteiger partial charge is 0.478 e. The van der Waals surface area contributed by atoms with Crippen molar-refractivity contribution in [3.8, 4) is 0 Å². The van der Waals surface area contributed by atoms with Gasteiger partial charge in [0.25, 0.3) is 0 Å². The molecule has 0 heterocycles. The molecule has 8 heteroatoms. The van der Waals surface area contributed by atoms with Crippen molar-refractivity contribution < 1.29 is 18.9 Å². The van der Waals surface area contributed by atoms with Gasteiger partial charge in [0.1, 0.15) is 0 Å². The highest BCUT2D eigenvalue weighted by molar-refractivity contribution is 7.84. The summed E-state index contributed by atoms with van der Waals surface area (Å²) in [5.41, 5.74) is 0.234. The molecule has 0 bridgehead atoms. The van der Waals surface area contributed by atoms with Crippen LogP contribution < -0.4 is 10.6 Å². The molecule has 0 aromatic heterocycles. The summed E-state index contributed by atoms with van der Waals surface area (Å²) in [7, 11) is -0.940. The van der Waals surface area contributed by atoms with Gasteiger partial charge in [0, 0.05) is 34.5 Å². The summed E-state index contributed by atoms with van der Waals surface area (Å²) in [5.74, 6) is -0.245. The fourth-order valence-corrected chi connectivity index (χ4v) is 2.18. The minimum absolute atomic E-state index is 0.0865. The fraction of sp³-hybridized carbons (Fsp3) is 0.333. The number of carbonyl (C=O) groups excluding carboxylic acids is 1. The molecule has 0 saturated carbocycles. The van der Waals surface area contributed by atoms with Gasteiger partial charge in [0.15, 0.2) is 0 Å². The molecule has 0 aliphatic heterocycles. The van der Waals surface area contributed by atoms with Crippen LogP contribution in [0.1, 0.15) is 17.3 Å². The average molecular weight is 319 g/mol. The van der Waals surface area contributed by atoms with Crippen LogP contribution in [0.2, 0.25) is 5.02 Å². The van der Waals surface area contributed by atoms with E-state index in [0.29, 0.717) is 17.2 Å².